The van der Waals surface area contributed by atoms with Crippen LogP contribution in [0.25, 0.3) is 0 Å². The molecule has 0 aromatic heterocycles. The summed E-state index contributed by atoms with van der Waals surface area (Å²) in [5.41, 5.74) is 0. The van der Waals surface area contributed by atoms with Crippen LogP contribution in [-0.4, -0.2) is 0 Å². The van der Waals surface area contributed by atoms with Crippen LogP contribution in [0.2, 0.25) is 0 Å². The van der Waals surface area contributed by atoms with Gasteiger partial charge in [-0.2, -0.15) is 6.11 Å². The molecule has 0 amide bonds. The molecule has 0 radical (unpaired) electrons. The monoisotopic (exact) mass is 94.0 g/mol. The Morgan fingerprint density at radius 1 is 1.60 bits per heavy atom. The van der Waals surface area contributed by atoms with E-state index < -0.39 is 0 Å². The Kier molecular flexibility index (Phi) is 16.7. The van der Waals surface area contributed by atoms with Gasteiger partial charge in [0.2, 0.25) is 0 Å². The maximum Gasteiger partial charge on any atom is 1.00 e. The number of hydrogen-bond donors (Lipinski definition) is 0. The molecule has 2 heteroatoms. The Morgan fingerprint density at radius 2 is 1.80 bits per heavy atom. The topological polar surface area (TPSA) is 23.1 Å². The van der Waals surface area contributed by atoms with Crippen molar-refractivity contribution in [2.75, 3.05) is 0 Å². The Bertz CT molecular complexity index is 43.6. The van der Waals surface area contributed by atoms with Gasteiger partial charge in [-0.25, -0.2) is 0 Å². The number of rotatable bonds is 0. The van der Waals surface area contributed by atoms with E-state index in [9.17, 15) is 0 Å². The fourth-order valence-electron chi connectivity index (χ4n) is 0. The molecule has 0 spiro atoms. The Labute approximate surface area is 74.2 Å². The maximum absolute atomic E-state index is 8.94. The van der Waals surface area contributed by atoms with E-state index >= 15 is 0 Å². The second kappa shape index (κ2) is 8.89. The van der Waals surface area contributed by atoms with Crippen molar-refractivity contribution in [3.63, 3.8) is 0 Å². The zero-order valence-electron chi connectivity index (χ0n) is 3.41. The van der Waals surface area contributed by atoms with E-state index in [1.807, 2.05) is 0 Å². The van der Waals surface area contributed by atoms with Crippen LogP contribution < -0.4 is 56.5 Å². The Balaban J connectivity index is 0. The van der Waals surface area contributed by atoms with Crippen LogP contribution in [0.4, 0.5) is 0 Å². The minimum absolute atomic E-state index is 0. The molecule has 0 atom stereocenters. The van der Waals surface area contributed by atoms with Crippen LogP contribution >= 0.6 is 0 Å². The molecule has 0 rings (SSSR count). The summed E-state index contributed by atoms with van der Waals surface area (Å²) in [6.45, 7) is 1.51. The van der Waals surface area contributed by atoms with E-state index in [2.05, 4.69) is 5.92 Å². The second-order valence-corrected chi connectivity index (χ2v) is 0.352. The quantitative estimate of drug-likeness (QED) is 0.224. The first-order valence-electron chi connectivity index (χ1n) is 0.954. The minimum atomic E-state index is 0. The Hall–Kier alpha value is 0.996. The van der Waals surface area contributed by atoms with Gasteiger partial charge in [0.25, 0.3) is 0 Å². The first-order chi connectivity index (χ1) is 1.91. The van der Waals surface area contributed by atoms with Crippen LogP contribution in [0.5, 0.6) is 0 Å². The van der Waals surface area contributed by atoms with Gasteiger partial charge < -0.3 is 5.11 Å². The molecule has 0 N–H and O–H groups in total. The van der Waals surface area contributed by atoms with Crippen LogP contribution in [0, 0.1) is 12.0 Å². The van der Waals surface area contributed by atoms with Crippen LogP contribution in [0.1, 0.15) is 6.92 Å². The summed E-state index contributed by atoms with van der Waals surface area (Å²) < 4.78 is 0. The fraction of sp³-hybridized carbons (Fsp3) is 0.333. The summed E-state index contributed by atoms with van der Waals surface area (Å²) in [5.74, 6) is 2.12. The van der Waals surface area contributed by atoms with E-state index in [1.54, 1.807) is 0 Å². The molecule has 0 saturated heterocycles. The van der Waals surface area contributed by atoms with Crippen molar-refractivity contribution in [3.05, 3.63) is 0 Å². The molecule has 5 heavy (non-hydrogen) atoms. The molecule has 0 aromatic rings. The molecule has 0 fully saturated rings. The molecule has 0 bridgehead atoms. The van der Waals surface area contributed by atoms with Gasteiger partial charge in [-0.05, 0) is 6.92 Å². The molecule has 0 aliphatic heterocycles. The minimum Gasteiger partial charge on any atom is -0.833 e. The molecule has 0 aromatic carbocycles. The smallest absolute Gasteiger partial charge is 0.833 e. The standard InChI is InChI=1S/C3H4O.K/c1-2-3-4;/h4H,1H3;/q;+1/p-1. The average molecular weight is 94.2 g/mol. The summed E-state index contributed by atoms with van der Waals surface area (Å²) in [5, 5.41) is 8.94. The molecule has 1 nitrogen and oxygen atoms in total. The third-order valence-electron chi connectivity index (χ3n) is 0.102. The van der Waals surface area contributed by atoms with Crippen molar-refractivity contribution < 1.29 is 56.5 Å². The maximum atomic E-state index is 8.94. The predicted octanol–water partition coefficient (Wildman–Crippen LogP) is -3.67. The summed E-state index contributed by atoms with van der Waals surface area (Å²) in [4.78, 5) is 0. The third kappa shape index (κ3) is 11.3. The number of hydrogen-bond acceptors (Lipinski definition) is 1. The zero-order chi connectivity index (χ0) is 3.41. The molecule has 0 unspecified atom stereocenters. The molecule has 22 valence electrons. The van der Waals surface area contributed by atoms with Gasteiger partial charge in [0, 0.05) is 0 Å². The summed E-state index contributed by atoms with van der Waals surface area (Å²) in [7, 11) is 0. The van der Waals surface area contributed by atoms with Crippen molar-refractivity contribution in [1.82, 2.24) is 0 Å². The van der Waals surface area contributed by atoms with E-state index in [4.69, 9.17) is 5.11 Å². The predicted molar refractivity (Wildman–Crippen MR) is 13.5 cm³/mol. The normalized spacial score (nSPS) is 2.60. The molecule has 0 aliphatic carbocycles. The van der Waals surface area contributed by atoms with Crippen molar-refractivity contribution in [2.45, 2.75) is 6.92 Å². The van der Waals surface area contributed by atoms with E-state index in [1.165, 1.54) is 13.0 Å². The van der Waals surface area contributed by atoms with Gasteiger partial charge >= 0.3 is 51.4 Å². The van der Waals surface area contributed by atoms with Crippen molar-refractivity contribution >= 4 is 0 Å². The van der Waals surface area contributed by atoms with Gasteiger partial charge in [-0.3, -0.25) is 0 Å². The van der Waals surface area contributed by atoms with Gasteiger partial charge in [0.15, 0.2) is 0 Å². The molecular formula is C3H3KO. The first kappa shape index (κ1) is 9.37. The van der Waals surface area contributed by atoms with Crippen LogP contribution in [0.3, 0.4) is 0 Å². The summed E-state index contributed by atoms with van der Waals surface area (Å²) in [6.07, 6.45) is 1.43. The van der Waals surface area contributed by atoms with Crippen LogP contribution in [0.15, 0.2) is 0 Å². The molecule has 0 heterocycles. The fourth-order valence-corrected chi connectivity index (χ4v) is 0. The molecule has 0 saturated carbocycles. The first-order valence-corrected chi connectivity index (χ1v) is 0.954. The molecular weight excluding hydrogens is 91.1 g/mol. The molecule has 0 aliphatic rings. The Morgan fingerprint density at radius 3 is 1.80 bits per heavy atom. The van der Waals surface area contributed by atoms with E-state index in [0.717, 1.165) is 0 Å². The van der Waals surface area contributed by atoms with Gasteiger partial charge in [0.1, 0.15) is 0 Å². The summed E-state index contributed by atoms with van der Waals surface area (Å²) >= 11 is 0. The second-order valence-electron chi connectivity index (χ2n) is 0.352. The van der Waals surface area contributed by atoms with E-state index in [-0.39, 0.29) is 51.4 Å². The van der Waals surface area contributed by atoms with Crippen molar-refractivity contribution in [2.24, 2.45) is 0 Å². The van der Waals surface area contributed by atoms with Crippen molar-refractivity contribution in [3.8, 4) is 12.0 Å². The van der Waals surface area contributed by atoms with Crippen molar-refractivity contribution in [1.29, 1.82) is 0 Å². The van der Waals surface area contributed by atoms with Gasteiger partial charge in [-0.15, -0.1) is 5.92 Å². The average Bonchev–Trinajstić information content (AvgIpc) is 1.37. The summed E-state index contributed by atoms with van der Waals surface area (Å²) in [6, 6.07) is 0. The SMILES string of the molecule is CC#C[O-].[K+]. The largest absolute Gasteiger partial charge is 1.00 e. The van der Waals surface area contributed by atoms with Gasteiger partial charge in [-0.1, -0.05) is 0 Å². The zero-order valence-corrected chi connectivity index (χ0v) is 6.53. The van der Waals surface area contributed by atoms with Gasteiger partial charge in [0.05, 0.1) is 0 Å². The van der Waals surface area contributed by atoms with Crippen LogP contribution in [-0.2, 0) is 0 Å². The third-order valence-corrected chi connectivity index (χ3v) is 0.102. The van der Waals surface area contributed by atoms with E-state index in [0.29, 0.717) is 0 Å².